The van der Waals surface area contributed by atoms with E-state index >= 15 is 0 Å². The zero-order valence-electron chi connectivity index (χ0n) is 17.0. The van der Waals surface area contributed by atoms with Crippen LogP contribution in [0.15, 0.2) is 30.3 Å². The molecule has 4 amide bonds. The van der Waals surface area contributed by atoms with Crippen molar-refractivity contribution < 1.29 is 14.4 Å². The fourth-order valence-electron chi connectivity index (χ4n) is 3.05. The molecule has 1 fully saturated rings. The number of urea groups is 1. The Labute approximate surface area is 167 Å². The minimum atomic E-state index is -0.495. The number of likely N-dealkylation sites (tertiary alicyclic amines) is 1. The quantitative estimate of drug-likeness (QED) is 0.665. The summed E-state index contributed by atoms with van der Waals surface area (Å²) in [6.45, 7) is 8.07. The van der Waals surface area contributed by atoms with Gasteiger partial charge < -0.3 is 10.6 Å². The Hall–Kier alpha value is -2.41. The second-order valence-electron chi connectivity index (χ2n) is 7.81. The maximum atomic E-state index is 12.3. The highest BCUT2D eigenvalue weighted by Crippen LogP contribution is 2.17. The monoisotopic (exact) mass is 388 g/mol. The molecule has 0 aliphatic carbocycles. The molecule has 1 aromatic carbocycles. The van der Waals surface area contributed by atoms with E-state index in [1.165, 1.54) is 0 Å². The third-order valence-electron chi connectivity index (χ3n) is 5.24. The molecule has 28 heavy (non-hydrogen) atoms. The molecule has 1 heterocycles. The smallest absolute Gasteiger partial charge is 0.321 e. The number of benzene rings is 1. The molecule has 2 rings (SSSR count). The Morgan fingerprint density at radius 2 is 1.71 bits per heavy atom. The summed E-state index contributed by atoms with van der Waals surface area (Å²) >= 11 is 0. The van der Waals surface area contributed by atoms with Crippen molar-refractivity contribution >= 4 is 17.8 Å². The highest BCUT2D eigenvalue weighted by Gasteiger charge is 2.27. The van der Waals surface area contributed by atoms with Gasteiger partial charge in [0, 0.05) is 18.5 Å². The van der Waals surface area contributed by atoms with Gasteiger partial charge in [-0.15, -0.1) is 0 Å². The Morgan fingerprint density at radius 1 is 1.07 bits per heavy atom. The number of rotatable bonds is 7. The molecule has 0 spiro atoms. The first kappa shape index (κ1) is 21.9. The lowest BCUT2D eigenvalue weighted by Crippen LogP contribution is -2.48. The molecule has 7 heteroatoms. The average Bonchev–Trinajstić information content (AvgIpc) is 2.67. The number of hydrogen-bond donors (Lipinski definition) is 3. The molecule has 1 saturated heterocycles. The van der Waals surface area contributed by atoms with Gasteiger partial charge in [-0.1, -0.05) is 44.2 Å². The fourth-order valence-corrected chi connectivity index (χ4v) is 3.05. The first-order valence-corrected chi connectivity index (χ1v) is 9.99. The molecule has 0 radical (unpaired) electrons. The van der Waals surface area contributed by atoms with E-state index in [1.54, 1.807) is 0 Å². The van der Waals surface area contributed by atoms with Crippen molar-refractivity contribution in [3.8, 4) is 0 Å². The number of piperidine rings is 1. The number of hydrogen-bond acceptors (Lipinski definition) is 4. The lowest BCUT2D eigenvalue weighted by atomic mass is 9.95. The van der Waals surface area contributed by atoms with Gasteiger partial charge >= 0.3 is 6.03 Å². The molecular formula is C21H32N4O3. The van der Waals surface area contributed by atoms with Crippen LogP contribution in [0, 0.1) is 11.8 Å². The van der Waals surface area contributed by atoms with E-state index in [0.29, 0.717) is 25.6 Å². The second kappa shape index (κ2) is 10.8. The van der Waals surface area contributed by atoms with E-state index in [-0.39, 0.29) is 30.3 Å². The van der Waals surface area contributed by atoms with Crippen LogP contribution in [0.3, 0.4) is 0 Å². The number of nitrogens with one attached hydrogen (secondary N) is 3. The number of amides is 4. The summed E-state index contributed by atoms with van der Waals surface area (Å²) in [5, 5.41) is 8.10. The highest BCUT2D eigenvalue weighted by molar-refractivity contribution is 5.95. The van der Waals surface area contributed by atoms with Crippen molar-refractivity contribution in [2.75, 3.05) is 19.6 Å². The van der Waals surface area contributed by atoms with Gasteiger partial charge in [-0.25, -0.2) is 4.79 Å². The van der Waals surface area contributed by atoms with Crippen LogP contribution in [-0.2, 0) is 16.1 Å². The third-order valence-corrected chi connectivity index (χ3v) is 5.24. The van der Waals surface area contributed by atoms with E-state index in [2.05, 4.69) is 29.8 Å². The fraction of sp³-hybridized carbons (Fsp3) is 0.571. The molecule has 1 unspecified atom stereocenters. The van der Waals surface area contributed by atoms with Gasteiger partial charge in [0.25, 0.3) is 0 Å². The van der Waals surface area contributed by atoms with Crippen LogP contribution in [0.5, 0.6) is 0 Å². The van der Waals surface area contributed by atoms with Crippen LogP contribution >= 0.6 is 0 Å². The predicted octanol–water partition coefficient (Wildman–Crippen LogP) is 1.89. The number of nitrogens with zero attached hydrogens (tertiary/aromatic N) is 1. The van der Waals surface area contributed by atoms with E-state index in [4.69, 9.17) is 0 Å². The van der Waals surface area contributed by atoms with Crippen molar-refractivity contribution in [2.24, 2.45) is 11.8 Å². The molecule has 7 nitrogen and oxygen atoms in total. The van der Waals surface area contributed by atoms with E-state index in [1.807, 2.05) is 42.2 Å². The summed E-state index contributed by atoms with van der Waals surface area (Å²) < 4.78 is 0. The van der Waals surface area contributed by atoms with Crippen LogP contribution < -0.4 is 16.0 Å². The lowest BCUT2D eigenvalue weighted by molar-refractivity contribution is -0.127. The summed E-state index contributed by atoms with van der Waals surface area (Å²) in [5.74, 6) is 0.169. The van der Waals surface area contributed by atoms with Crippen molar-refractivity contribution in [1.29, 1.82) is 0 Å². The highest BCUT2D eigenvalue weighted by atomic mass is 16.2. The second-order valence-corrected chi connectivity index (χ2v) is 7.81. The first-order valence-electron chi connectivity index (χ1n) is 9.99. The van der Waals surface area contributed by atoms with Gasteiger partial charge in [-0.05, 0) is 44.3 Å². The molecule has 0 saturated carbocycles. The molecule has 1 aromatic rings. The zero-order valence-corrected chi connectivity index (χ0v) is 17.0. The van der Waals surface area contributed by atoms with Crippen LogP contribution in [0.25, 0.3) is 0 Å². The molecule has 1 aliphatic rings. The summed E-state index contributed by atoms with van der Waals surface area (Å²) in [6, 6.07) is 9.18. The normalized spacial score (nSPS) is 16.4. The number of carbonyl (C=O) groups excluding carboxylic acids is 3. The maximum absolute atomic E-state index is 12.3. The summed E-state index contributed by atoms with van der Waals surface area (Å²) in [6.07, 6.45) is 1.45. The zero-order chi connectivity index (χ0) is 20.5. The molecular weight excluding hydrogens is 356 g/mol. The summed E-state index contributed by atoms with van der Waals surface area (Å²) in [4.78, 5) is 38.2. The molecule has 1 atom stereocenters. The van der Waals surface area contributed by atoms with Gasteiger partial charge in [0.1, 0.15) is 0 Å². The first-order chi connectivity index (χ1) is 13.3. The topological polar surface area (TPSA) is 90.5 Å². The van der Waals surface area contributed by atoms with Crippen LogP contribution in [0.1, 0.15) is 39.2 Å². The third kappa shape index (κ3) is 7.31. The molecule has 1 aliphatic heterocycles. The van der Waals surface area contributed by atoms with Crippen LogP contribution in [0.4, 0.5) is 4.79 Å². The van der Waals surface area contributed by atoms with Gasteiger partial charge in [0.2, 0.25) is 11.8 Å². The van der Waals surface area contributed by atoms with Crippen molar-refractivity contribution in [1.82, 2.24) is 20.9 Å². The minimum absolute atomic E-state index is 0.00492. The van der Waals surface area contributed by atoms with Gasteiger partial charge in [0.05, 0.1) is 6.54 Å². The van der Waals surface area contributed by atoms with Crippen molar-refractivity contribution in [3.05, 3.63) is 35.9 Å². The predicted molar refractivity (Wildman–Crippen MR) is 108 cm³/mol. The Morgan fingerprint density at radius 3 is 2.32 bits per heavy atom. The Balaban J connectivity index is 1.66. The Kier molecular flexibility index (Phi) is 8.44. The molecule has 0 bridgehead atoms. The number of carbonyl (C=O) groups is 3. The number of imide groups is 1. The van der Waals surface area contributed by atoms with Gasteiger partial charge in [-0.2, -0.15) is 0 Å². The largest absolute Gasteiger partial charge is 0.353 e. The maximum Gasteiger partial charge on any atom is 0.321 e. The van der Waals surface area contributed by atoms with Crippen molar-refractivity contribution in [3.63, 3.8) is 0 Å². The standard InChI is InChI=1S/C21H32N4O3/c1-15(2)16(3)23-20(27)18-9-11-25(12-10-18)14-19(26)24-21(28)22-13-17-7-5-4-6-8-17/h4-8,15-16,18H,9-14H2,1-3H3,(H,23,27)(H2,22,24,26,28). The van der Waals surface area contributed by atoms with Crippen molar-refractivity contribution in [2.45, 2.75) is 46.2 Å². The summed E-state index contributed by atoms with van der Waals surface area (Å²) in [7, 11) is 0. The average molecular weight is 389 g/mol. The molecule has 154 valence electrons. The minimum Gasteiger partial charge on any atom is -0.353 e. The van der Waals surface area contributed by atoms with Gasteiger partial charge in [-0.3, -0.25) is 19.8 Å². The van der Waals surface area contributed by atoms with Crippen LogP contribution in [-0.4, -0.2) is 48.4 Å². The van der Waals surface area contributed by atoms with Crippen LogP contribution in [0.2, 0.25) is 0 Å². The van der Waals surface area contributed by atoms with E-state index in [9.17, 15) is 14.4 Å². The SMILES string of the molecule is CC(C)C(C)NC(=O)C1CCN(CC(=O)NC(=O)NCc2ccccc2)CC1. The summed E-state index contributed by atoms with van der Waals surface area (Å²) in [5.41, 5.74) is 0.970. The lowest BCUT2D eigenvalue weighted by Gasteiger charge is -2.31. The molecule has 0 aromatic heterocycles. The molecule has 3 N–H and O–H groups in total. The van der Waals surface area contributed by atoms with E-state index in [0.717, 1.165) is 18.4 Å². The van der Waals surface area contributed by atoms with Gasteiger partial charge in [0.15, 0.2) is 0 Å². The van der Waals surface area contributed by atoms with E-state index < -0.39 is 6.03 Å². The Bertz CT molecular complexity index is 655.